The first kappa shape index (κ1) is 15.3. The molecule has 0 aromatic carbocycles. The highest BCUT2D eigenvalue weighted by atomic mass is 16.4. The number of carbonyl (C=O) groups excluding carboxylic acids is 2. The summed E-state index contributed by atoms with van der Waals surface area (Å²) >= 11 is 0. The molecule has 2 atom stereocenters. The first-order valence-electron chi connectivity index (χ1n) is 6.54. The van der Waals surface area contributed by atoms with Crippen molar-refractivity contribution in [1.82, 2.24) is 10.2 Å². The van der Waals surface area contributed by atoms with E-state index < -0.39 is 30.0 Å². The van der Waals surface area contributed by atoms with Crippen LogP contribution in [0.4, 0.5) is 4.79 Å². The zero-order valence-electron chi connectivity index (χ0n) is 11.1. The number of hydrogen-bond acceptors (Lipinski definition) is 3. The summed E-state index contributed by atoms with van der Waals surface area (Å²) in [6.07, 6.45) is 2.65. The van der Waals surface area contributed by atoms with Crippen LogP contribution in [0.15, 0.2) is 0 Å². The number of carboxylic acid groups (broad SMARTS) is 1. The standard InChI is InChI=1S/C12H21N3O4/c1-2-8(7-10(16)17)14-12(19)15-6-4-3-5-9(15)11(13)18/h8-9H,2-7H2,1H3,(H2,13,18)(H,14,19)(H,16,17). The van der Waals surface area contributed by atoms with E-state index in [-0.39, 0.29) is 6.42 Å². The number of carboxylic acids is 1. The van der Waals surface area contributed by atoms with E-state index in [1.165, 1.54) is 4.90 Å². The van der Waals surface area contributed by atoms with Gasteiger partial charge in [0.2, 0.25) is 5.91 Å². The number of primary amides is 1. The molecule has 3 amide bonds. The van der Waals surface area contributed by atoms with Gasteiger partial charge < -0.3 is 21.1 Å². The molecule has 4 N–H and O–H groups in total. The number of amides is 3. The summed E-state index contributed by atoms with van der Waals surface area (Å²) in [6.45, 7) is 2.28. The lowest BCUT2D eigenvalue weighted by Gasteiger charge is -2.34. The van der Waals surface area contributed by atoms with Gasteiger partial charge in [-0.25, -0.2) is 4.79 Å². The molecular weight excluding hydrogens is 250 g/mol. The van der Waals surface area contributed by atoms with Crippen molar-refractivity contribution < 1.29 is 19.5 Å². The minimum absolute atomic E-state index is 0.128. The summed E-state index contributed by atoms with van der Waals surface area (Å²) < 4.78 is 0. The van der Waals surface area contributed by atoms with Gasteiger partial charge in [0.05, 0.1) is 6.42 Å². The summed E-state index contributed by atoms with van der Waals surface area (Å²) in [5.41, 5.74) is 5.28. The van der Waals surface area contributed by atoms with E-state index in [4.69, 9.17) is 10.8 Å². The van der Waals surface area contributed by atoms with Crippen molar-refractivity contribution in [3.05, 3.63) is 0 Å². The van der Waals surface area contributed by atoms with Crippen LogP contribution in [0, 0.1) is 0 Å². The molecule has 1 aliphatic heterocycles. The lowest BCUT2D eigenvalue weighted by molar-refractivity contribution is -0.137. The monoisotopic (exact) mass is 271 g/mol. The van der Waals surface area contributed by atoms with Crippen LogP contribution in [0.3, 0.4) is 0 Å². The molecule has 0 bridgehead atoms. The highest BCUT2D eigenvalue weighted by molar-refractivity contribution is 5.86. The van der Waals surface area contributed by atoms with Crippen molar-refractivity contribution >= 4 is 17.9 Å². The molecule has 0 spiro atoms. The van der Waals surface area contributed by atoms with Crippen molar-refractivity contribution in [2.75, 3.05) is 6.54 Å². The molecule has 0 radical (unpaired) electrons. The van der Waals surface area contributed by atoms with E-state index in [2.05, 4.69) is 5.32 Å². The van der Waals surface area contributed by atoms with Gasteiger partial charge in [-0.1, -0.05) is 6.92 Å². The maximum Gasteiger partial charge on any atom is 0.318 e. The molecule has 0 saturated carbocycles. The second-order valence-electron chi connectivity index (χ2n) is 4.76. The van der Waals surface area contributed by atoms with Gasteiger partial charge in [-0.3, -0.25) is 9.59 Å². The maximum absolute atomic E-state index is 12.1. The SMILES string of the molecule is CCC(CC(=O)O)NC(=O)N1CCCCC1C(N)=O. The van der Waals surface area contributed by atoms with Crippen LogP contribution in [0.1, 0.15) is 39.0 Å². The second kappa shape index (κ2) is 6.96. The number of nitrogens with one attached hydrogen (secondary N) is 1. The van der Waals surface area contributed by atoms with E-state index >= 15 is 0 Å². The van der Waals surface area contributed by atoms with Gasteiger partial charge in [0, 0.05) is 12.6 Å². The average Bonchev–Trinajstić information content (AvgIpc) is 2.37. The van der Waals surface area contributed by atoms with Crippen LogP contribution >= 0.6 is 0 Å². The first-order valence-corrected chi connectivity index (χ1v) is 6.54. The lowest BCUT2D eigenvalue weighted by atomic mass is 10.0. The zero-order chi connectivity index (χ0) is 14.4. The fourth-order valence-corrected chi connectivity index (χ4v) is 2.24. The van der Waals surface area contributed by atoms with Crippen molar-refractivity contribution in [3.63, 3.8) is 0 Å². The fourth-order valence-electron chi connectivity index (χ4n) is 2.24. The predicted octanol–water partition coefficient (Wildman–Crippen LogP) is 0.289. The summed E-state index contributed by atoms with van der Waals surface area (Å²) in [5, 5.41) is 11.4. The Bertz CT molecular complexity index is 359. The fraction of sp³-hybridized carbons (Fsp3) is 0.750. The molecule has 19 heavy (non-hydrogen) atoms. The van der Waals surface area contributed by atoms with Crippen LogP contribution in [0.25, 0.3) is 0 Å². The Kier molecular flexibility index (Phi) is 5.59. The van der Waals surface area contributed by atoms with E-state index in [9.17, 15) is 14.4 Å². The quantitative estimate of drug-likeness (QED) is 0.667. The molecule has 1 heterocycles. The van der Waals surface area contributed by atoms with Gasteiger partial charge in [0.1, 0.15) is 6.04 Å². The van der Waals surface area contributed by atoms with Crippen molar-refractivity contribution in [1.29, 1.82) is 0 Å². The van der Waals surface area contributed by atoms with Gasteiger partial charge in [0.15, 0.2) is 0 Å². The van der Waals surface area contributed by atoms with Crippen LogP contribution in [-0.4, -0.2) is 46.5 Å². The van der Waals surface area contributed by atoms with Crippen molar-refractivity contribution in [3.8, 4) is 0 Å². The molecule has 0 aromatic heterocycles. The molecule has 2 unspecified atom stereocenters. The average molecular weight is 271 g/mol. The van der Waals surface area contributed by atoms with E-state index in [1.807, 2.05) is 0 Å². The van der Waals surface area contributed by atoms with Crippen LogP contribution in [-0.2, 0) is 9.59 Å². The van der Waals surface area contributed by atoms with Gasteiger partial charge in [0.25, 0.3) is 0 Å². The molecule has 108 valence electrons. The number of nitrogens with zero attached hydrogens (tertiary/aromatic N) is 1. The largest absolute Gasteiger partial charge is 0.481 e. The summed E-state index contributed by atoms with van der Waals surface area (Å²) in [6, 6.07) is -1.42. The molecule has 0 aliphatic carbocycles. The predicted molar refractivity (Wildman–Crippen MR) is 68.4 cm³/mol. The Morgan fingerprint density at radius 3 is 2.63 bits per heavy atom. The first-order chi connectivity index (χ1) is 8.95. The van der Waals surface area contributed by atoms with E-state index in [0.717, 1.165) is 12.8 Å². The number of carbonyl (C=O) groups is 3. The van der Waals surface area contributed by atoms with Crippen LogP contribution in [0.2, 0.25) is 0 Å². The summed E-state index contributed by atoms with van der Waals surface area (Å²) in [5.74, 6) is -1.47. The molecule has 1 fully saturated rings. The van der Waals surface area contributed by atoms with Crippen LogP contribution in [0.5, 0.6) is 0 Å². The van der Waals surface area contributed by atoms with E-state index in [1.54, 1.807) is 6.92 Å². The summed E-state index contributed by atoms with van der Waals surface area (Å²) in [4.78, 5) is 35.5. The number of rotatable bonds is 5. The van der Waals surface area contributed by atoms with Crippen molar-refractivity contribution in [2.24, 2.45) is 5.73 Å². The molecule has 1 saturated heterocycles. The minimum atomic E-state index is -0.961. The number of nitrogens with two attached hydrogens (primary N) is 1. The summed E-state index contributed by atoms with van der Waals surface area (Å²) in [7, 11) is 0. The minimum Gasteiger partial charge on any atom is -0.481 e. The Morgan fingerprint density at radius 1 is 1.42 bits per heavy atom. The number of piperidine rings is 1. The Hall–Kier alpha value is -1.79. The third-order valence-corrected chi connectivity index (χ3v) is 3.33. The van der Waals surface area contributed by atoms with Gasteiger partial charge >= 0.3 is 12.0 Å². The number of likely N-dealkylation sites (tertiary alicyclic amines) is 1. The van der Waals surface area contributed by atoms with Crippen molar-refractivity contribution in [2.45, 2.75) is 51.1 Å². The molecule has 7 nitrogen and oxygen atoms in total. The highest BCUT2D eigenvalue weighted by Gasteiger charge is 2.31. The smallest absolute Gasteiger partial charge is 0.318 e. The van der Waals surface area contributed by atoms with Gasteiger partial charge in [-0.2, -0.15) is 0 Å². The van der Waals surface area contributed by atoms with Gasteiger partial charge in [-0.15, -0.1) is 0 Å². The number of hydrogen-bond donors (Lipinski definition) is 3. The lowest BCUT2D eigenvalue weighted by Crippen LogP contribution is -2.55. The molecular formula is C12H21N3O4. The third kappa shape index (κ3) is 4.42. The molecule has 1 rings (SSSR count). The Morgan fingerprint density at radius 2 is 2.11 bits per heavy atom. The highest BCUT2D eigenvalue weighted by Crippen LogP contribution is 2.17. The molecule has 7 heteroatoms. The second-order valence-corrected chi connectivity index (χ2v) is 4.76. The topological polar surface area (TPSA) is 113 Å². The number of urea groups is 1. The Labute approximate surface area is 112 Å². The van der Waals surface area contributed by atoms with Crippen LogP contribution < -0.4 is 11.1 Å². The molecule has 1 aliphatic rings. The normalized spacial score (nSPS) is 20.7. The third-order valence-electron chi connectivity index (χ3n) is 3.33. The van der Waals surface area contributed by atoms with Gasteiger partial charge in [-0.05, 0) is 25.7 Å². The maximum atomic E-state index is 12.1. The molecule has 0 aromatic rings. The Balaban J connectivity index is 2.63. The number of aliphatic carboxylic acids is 1. The zero-order valence-corrected chi connectivity index (χ0v) is 11.1. The van der Waals surface area contributed by atoms with E-state index in [0.29, 0.717) is 19.4 Å².